The third-order valence-corrected chi connectivity index (χ3v) is 2.69. The van der Waals surface area contributed by atoms with Crippen LogP contribution in [0.1, 0.15) is 44.1 Å². The maximum Gasteiger partial charge on any atom is 0.341 e. The van der Waals surface area contributed by atoms with Crippen LogP contribution in [-0.4, -0.2) is 21.4 Å². The fourth-order valence-electron chi connectivity index (χ4n) is 1.95. The van der Waals surface area contributed by atoms with Crippen LogP contribution in [0.3, 0.4) is 0 Å². The summed E-state index contributed by atoms with van der Waals surface area (Å²) < 4.78 is 1.51. The lowest BCUT2D eigenvalue weighted by molar-refractivity contribution is -0.115. The van der Waals surface area contributed by atoms with Gasteiger partial charge in [0.1, 0.15) is 11.3 Å². The normalized spacial score (nSPS) is 10.1. The summed E-state index contributed by atoms with van der Waals surface area (Å²) >= 11 is 0. The van der Waals surface area contributed by atoms with Gasteiger partial charge in [-0.15, -0.1) is 0 Å². The van der Waals surface area contributed by atoms with Crippen molar-refractivity contribution < 1.29 is 14.7 Å². The Kier molecular flexibility index (Phi) is 5.41. The van der Waals surface area contributed by atoms with Crippen LogP contribution >= 0.6 is 0 Å². The highest BCUT2D eigenvalue weighted by Crippen LogP contribution is 2.16. The Morgan fingerprint density at radius 2 is 1.67 bits per heavy atom. The van der Waals surface area contributed by atoms with Gasteiger partial charge in [-0.2, -0.15) is 0 Å². The summed E-state index contributed by atoms with van der Waals surface area (Å²) in [5.74, 6) is -1.02. The Balaban J connectivity index is 0.000000491. The Labute approximate surface area is 122 Å². The molecule has 0 amide bonds. The van der Waals surface area contributed by atoms with Crippen molar-refractivity contribution in [3.63, 3.8) is 0 Å². The molecule has 21 heavy (non-hydrogen) atoms. The summed E-state index contributed by atoms with van der Waals surface area (Å²) in [5.41, 5.74) is 0.126. The van der Waals surface area contributed by atoms with Crippen LogP contribution in [0.2, 0.25) is 0 Å². The van der Waals surface area contributed by atoms with Crippen molar-refractivity contribution >= 4 is 22.7 Å². The molecule has 0 aliphatic carbocycles. The number of para-hydroxylation sites is 1. The summed E-state index contributed by atoms with van der Waals surface area (Å²) in [6.07, 6.45) is 0. The van der Waals surface area contributed by atoms with Gasteiger partial charge in [0.25, 0.3) is 5.56 Å². The van der Waals surface area contributed by atoms with Gasteiger partial charge in [-0.25, -0.2) is 4.79 Å². The fourth-order valence-corrected chi connectivity index (χ4v) is 1.95. The largest absolute Gasteiger partial charge is 0.477 e. The summed E-state index contributed by atoms with van der Waals surface area (Å²) in [7, 11) is 0. The number of aromatic carboxylic acids is 1. The quantitative estimate of drug-likeness (QED) is 0.922. The number of aromatic nitrogens is 1. The topological polar surface area (TPSA) is 76.4 Å². The minimum absolute atomic E-state index is 0.0771. The number of carbonyl (C=O) groups excluding carboxylic acids is 1. The van der Waals surface area contributed by atoms with E-state index in [4.69, 9.17) is 5.11 Å². The van der Waals surface area contributed by atoms with Crippen molar-refractivity contribution in [2.24, 2.45) is 0 Å². The maximum atomic E-state index is 12.0. The number of Topliss-reactive ketones (excluding diaryl/α,β-unsaturated/α-hetero) is 1. The van der Waals surface area contributed by atoms with Crippen molar-refractivity contribution in [1.29, 1.82) is 0 Å². The molecular weight excluding hydrogens is 270 g/mol. The standard InChI is InChI=1S/C13H13NO3.C3H6O/c1-8(2)14-11-6-4-3-5-9(11)7-10(12(14)15)13(16)17;1-3(2)4/h3-8H,1-2H3,(H,16,17);1-2H3. The number of pyridine rings is 1. The summed E-state index contributed by atoms with van der Waals surface area (Å²) in [6, 6.07) is 8.64. The van der Waals surface area contributed by atoms with Crippen LogP contribution in [0.5, 0.6) is 0 Å². The highest BCUT2D eigenvalue weighted by atomic mass is 16.4. The zero-order valence-corrected chi connectivity index (χ0v) is 12.6. The molecule has 0 spiro atoms. The first kappa shape index (κ1) is 16.6. The number of carboxylic acids is 1. The number of ketones is 1. The first-order chi connectivity index (χ1) is 9.75. The van der Waals surface area contributed by atoms with Crippen LogP contribution in [0, 0.1) is 0 Å². The minimum Gasteiger partial charge on any atom is -0.477 e. The van der Waals surface area contributed by atoms with Crippen molar-refractivity contribution in [2.45, 2.75) is 33.7 Å². The van der Waals surface area contributed by atoms with Gasteiger partial charge in [0.15, 0.2) is 0 Å². The van der Waals surface area contributed by atoms with E-state index in [1.165, 1.54) is 24.5 Å². The molecule has 0 aliphatic heterocycles. The zero-order valence-electron chi connectivity index (χ0n) is 12.6. The van der Waals surface area contributed by atoms with E-state index in [-0.39, 0.29) is 17.4 Å². The molecule has 0 unspecified atom stereocenters. The van der Waals surface area contributed by atoms with Gasteiger partial charge in [0.2, 0.25) is 0 Å². The molecule has 2 rings (SSSR count). The summed E-state index contributed by atoms with van der Waals surface area (Å²) in [5, 5.41) is 9.78. The number of fused-ring (bicyclic) bond motifs is 1. The van der Waals surface area contributed by atoms with E-state index in [1.807, 2.05) is 32.0 Å². The Hall–Kier alpha value is -2.43. The second-order valence-corrected chi connectivity index (χ2v) is 5.10. The van der Waals surface area contributed by atoms with Gasteiger partial charge in [-0.05, 0) is 45.2 Å². The van der Waals surface area contributed by atoms with Gasteiger partial charge in [-0.1, -0.05) is 18.2 Å². The smallest absolute Gasteiger partial charge is 0.341 e. The molecule has 0 fully saturated rings. The molecule has 1 heterocycles. The molecule has 0 radical (unpaired) electrons. The lowest BCUT2D eigenvalue weighted by atomic mass is 10.1. The lowest BCUT2D eigenvalue weighted by Crippen LogP contribution is -2.27. The van der Waals surface area contributed by atoms with Crippen LogP contribution in [0.15, 0.2) is 35.1 Å². The number of hydrogen-bond acceptors (Lipinski definition) is 3. The maximum absolute atomic E-state index is 12.0. The van der Waals surface area contributed by atoms with Crippen molar-refractivity contribution in [3.8, 4) is 0 Å². The van der Waals surface area contributed by atoms with Gasteiger partial charge in [-0.3, -0.25) is 4.79 Å². The molecule has 0 saturated carbocycles. The Bertz CT molecular complexity index is 725. The van der Waals surface area contributed by atoms with Gasteiger partial charge in [0, 0.05) is 6.04 Å². The van der Waals surface area contributed by atoms with Gasteiger partial charge >= 0.3 is 5.97 Å². The van der Waals surface area contributed by atoms with E-state index in [0.717, 1.165) is 10.9 Å². The first-order valence-electron chi connectivity index (χ1n) is 6.60. The number of benzene rings is 1. The number of carbonyl (C=O) groups is 2. The highest BCUT2D eigenvalue weighted by Gasteiger charge is 2.15. The summed E-state index contributed by atoms with van der Waals surface area (Å²) in [6.45, 7) is 6.78. The number of nitrogens with zero attached hydrogens (tertiary/aromatic N) is 1. The number of rotatable bonds is 2. The van der Waals surface area contributed by atoms with E-state index < -0.39 is 11.5 Å². The number of hydrogen-bond donors (Lipinski definition) is 1. The SMILES string of the molecule is CC(C)=O.CC(C)n1c(=O)c(C(=O)O)cc2ccccc21. The molecule has 0 bridgehead atoms. The molecule has 1 N–H and O–H groups in total. The van der Waals surface area contributed by atoms with Crippen molar-refractivity contribution in [3.05, 3.63) is 46.2 Å². The molecule has 1 aromatic heterocycles. The molecule has 0 aliphatic rings. The van der Waals surface area contributed by atoms with Crippen LogP contribution in [0.4, 0.5) is 0 Å². The third kappa shape index (κ3) is 4.02. The van der Waals surface area contributed by atoms with Crippen molar-refractivity contribution in [1.82, 2.24) is 4.57 Å². The monoisotopic (exact) mass is 289 g/mol. The van der Waals surface area contributed by atoms with Gasteiger partial charge in [0.05, 0.1) is 5.52 Å². The molecule has 2 aromatic rings. The summed E-state index contributed by atoms with van der Waals surface area (Å²) in [4.78, 5) is 32.5. The molecular formula is C16H19NO4. The second-order valence-electron chi connectivity index (χ2n) is 5.10. The molecule has 5 heteroatoms. The number of carboxylic acid groups (broad SMARTS) is 1. The van der Waals surface area contributed by atoms with Crippen molar-refractivity contribution in [2.75, 3.05) is 0 Å². The predicted octanol–water partition coefficient (Wildman–Crippen LogP) is 2.88. The van der Waals surface area contributed by atoms with E-state index in [9.17, 15) is 14.4 Å². The zero-order chi connectivity index (χ0) is 16.2. The van der Waals surface area contributed by atoms with Crippen LogP contribution in [-0.2, 0) is 4.79 Å². The Morgan fingerprint density at radius 1 is 1.14 bits per heavy atom. The predicted molar refractivity (Wildman–Crippen MR) is 81.9 cm³/mol. The molecule has 5 nitrogen and oxygen atoms in total. The molecule has 1 aromatic carbocycles. The van der Waals surface area contributed by atoms with Crippen LogP contribution < -0.4 is 5.56 Å². The Morgan fingerprint density at radius 3 is 2.14 bits per heavy atom. The van der Waals surface area contributed by atoms with E-state index in [2.05, 4.69) is 0 Å². The van der Waals surface area contributed by atoms with Crippen LogP contribution in [0.25, 0.3) is 10.9 Å². The van der Waals surface area contributed by atoms with Gasteiger partial charge < -0.3 is 14.5 Å². The fraction of sp³-hybridized carbons (Fsp3) is 0.312. The van der Waals surface area contributed by atoms with E-state index in [0.29, 0.717) is 0 Å². The molecule has 0 saturated heterocycles. The average Bonchev–Trinajstić information content (AvgIpc) is 2.36. The molecule has 0 atom stereocenters. The highest BCUT2D eigenvalue weighted by molar-refractivity contribution is 5.92. The average molecular weight is 289 g/mol. The first-order valence-corrected chi connectivity index (χ1v) is 6.60. The second kappa shape index (κ2) is 6.83. The minimum atomic E-state index is -1.19. The van der Waals surface area contributed by atoms with E-state index in [1.54, 1.807) is 6.07 Å². The third-order valence-electron chi connectivity index (χ3n) is 2.69. The van der Waals surface area contributed by atoms with E-state index >= 15 is 0 Å². The lowest BCUT2D eigenvalue weighted by Gasteiger charge is -2.14. The molecule has 112 valence electrons.